The van der Waals surface area contributed by atoms with E-state index >= 15 is 0 Å². The van der Waals surface area contributed by atoms with Crippen molar-refractivity contribution in [2.75, 3.05) is 6.54 Å². The molecule has 4 rings (SSSR count). The lowest BCUT2D eigenvalue weighted by molar-refractivity contribution is -0.0463. The van der Waals surface area contributed by atoms with Gasteiger partial charge in [-0.2, -0.15) is 0 Å². The van der Waals surface area contributed by atoms with Crippen LogP contribution in [-0.4, -0.2) is 27.8 Å². The third-order valence-electron chi connectivity index (χ3n) is 5.29. The summed E-state index contributed by atoms with van der Waals surface area (Å²) in [7, 11) is 0. The number of hydrogen-bond acceptors (Lipinski definition) is 4. The zero-order chi connectivity index (χ0) is 20.4. The number of primary amides is 1. The van der Waals surface area contributed by atoms with Crippen molar-refractivity contribution in [3.05, 3.63) is 78.0 Å². The van der Waals surface area contributed by atoms with E-state index in [1.54, 1.807) is 0 Å². The van der Waals surface area contributed by atoms with Gasteiger partial charge in [-0.25, -0.2) is 14.8 Å². The number of aryl methyl sites for hydroxylation is 1. The molecule has 1 fully saturated rings. The van der Waals surface area contributed by atoms with Gasteiger partial charge < -0.3 is 10.5 Å². The third kappa shape index (κ3) is 4.07. The molecular weight excluding hydrogens is 366 g/mol. The monoisotopic (exact) mass is 389 g/mol. The Morgan fingerprint density at radius 1 is 1.14 bits per heavy atom. The maximum absolute atomic E-state index is 11.3. The maximum Gasteiger partial charge on any atom is 0.338 e. The van der Waals surface area contributed by atoms with E-state index in [9.17, 15) is 10.0 Å². The molecule has 148 valence electrons. The Morgan fingerprint density at radius 3 is 2.62 bits per heavy atom. The lowest BCUT2D eigenvalue weighted by Gasteiger charge is -2.23. The third-order valence-corrected chi connectivity index (χ3v) is 5.29. The van der Waals surface area contributed by atoms with Crippen molar-refractivity contribution in [1.29, 1.82) is 0 Å². The molecule has 1 saturated carbocycles. The van der Waals surface area contributed by atoms with Gasteiger partial charge in [-0.15, -0.1) is 0 Å². The van der Waals surface area contributed by atoms with E-state index in [0.717, 1.165) is 35.2 Å². The van der Waals surface area contributed by atoms with Crippen molar-refractivity contribution in [3.8, 4) is 22.8 Å². The van der Waals surface area contributed by atoms with Crippen LogP contribution in [0.15, 0.2) is 66.7 Å². The van der Waals surface area contributed by atoms with Crippen LogP contribution < -0.4 is 10.5 Å². The summed E-state index contributed by atoms with van der Waals surface area (Å²) in [6, 6.07) is 20.7. The molecule has 0 saturated heterocycles. The fourth-order valence-electron chi connectivity index (χ4n) is 3.65. The molecule has 0 unspecified atom stereocenters. The maximum atomic E-state index is 11.3. The zero-order valence-electron chi connectivity index (χ0n) is 16.2. The number of ether oxygens (including phenoxy) is 1. The molecule has 3 aromatic rings. The molecule has 0 bridgehead atoms. The van der Waals surface area contributed by atoms with Gasteiger partial charge in [-0.05, 0) is 54.7 Å². The van der Waals surface area contributed by atoms with Gasteiger partial charge in [0, 0.05) is 17.2 Å². The summed E-state index contributed by atoms with van der Waals surface area (Å²) in [6.45, 7) is 2.11. The highest BCUT2D eigenvalue weighted by Crippen LogP contribution is 2.51. The van der Waals surface area contributed by atoms with Crippen LogP contribution >= 0.6 is 0 Å². The molecule has 1 aromatic heterocycles. The fraction of sp³-hybridized carbons (Fsp3) is 0.217. The minimum absolute atomic E-state index is 0.183. The smallest absolute Gasteiger partial charge is 0.338 e. The van der Waals surface area contributed by atoms with Gasteiger partial charge in [0.1, 0.15) is 5.75 Å². The van der Waals surface area contributed by atoms with Gasteiger partial charge in [0.2, 0.25) is 5.88 Å². The van der Waals surface area contributed by atoms with E-state index in [1.165, 1.54) is 0 Å². The van der Waals surface area contributed by atoms with Crippen LogP contribution in [0.3, 0.4) is 0 Å². The standard InChI is InChI=1S/C23H23N3O3/c1-16-6-4-11-21(25-16)29-18-8-5-7-17(14-18)19-9-2-3-10-20(19)23(12-13-23)15-26(28)22(24)27/h2-11,14,28H,12-13,15H2,1H3,(H2,24,27). The van der Waals surface area contributed by atoms with Crippen molar-refractivity contribution in [3.63, 3.8) is 0 Å². The minimum Gasteiger partial charge on any atom is -0.439 e. The highest BCUT2D eigenvalue weighted by atomic mass is 16.5. The first-order valence-electron chi connectivity index (χ1n) is 9.54. The van der Waals surface area contributed by atoms with Crippen LogP contribution in [0.25, 0.3) is 11.1 Å². The number of hydrogen-bond donors (Lipinski definition) is 2. The molecule has 2 aromatic carbocycles. The number of amides is 2. The van der Waals surface area contributed by atoms with Crippen LogP contribution in [0.5, 0.6) is 11.6 Å². The van der Waals surface area contributed by atoms with Crippen LogP contribution in [0.1, 0.15) is 24.1 Å². The lowest BCUT2D eigenvalue weighted by atomic mass is 9.88. The van der Waals surface area contributed by atoms with Crippen molar-refractivity contribution >= 4 is 6.03 Å². The van der Waals surface area contributed by atoms with Crippen LogP contribution in [0.4, 0.5) is 4.79 Å². The number of carbonyl (C=O) groups excluding carboxylic acids is 1. The summed E-state index contributed by atoms with van der Waals surface area (Å²) in [5, 5.41) is 10.5. The molecule has 1 aliphatic carbocycles. The van der Waals surface area contributed by atoms with Crippen molar-refractivity contribution in [1.82, 2.24) is 10.0 Å². The average molecular weight is 389 g/mol. The number of hydroxylamine groups is 2. The Labute approximate surface area is 169 Å². The van der Waals surface area contributed by atoms with E-state index in [2.05, 4.69) is 4.98 Å². The molecule has 0 radical (unpaired) electrons. The fourth-order valence-corrected chi connectivity index (χ4v) is 3.65. The van der Waals surface area contributed by atoms with E-state index in [1.807, 2.05) is 73.7 Å². The number of pyridine rings is 1. The van der Waals surface area contributed by atoms with Crippen molar-refractivity contribution < 1.29 is 14.7 Å². The van der Waals surface area contributed by atoms with Crippen molar-refractivity contribution in [2.45, 2.75) is 25.2 Å². The number of carbonyl (C=O) groups is 1. The van der Waals surface area contributed by atoms with Gasteiger partial charge in [-0.3, -0.25) is 5.21 Å². The lowest BCUT2D eigenvalue weighted by Crippen LogP contribution is -2.38. The second-order valence-electron chi connectivity index (χ2n) is 7.47. The molecule has 0 atom stereocenters. The SMILES string of the molecule is Cc1cccc(Oc2cccc(-c3ccccc3C3(CN(O)C(N)=O)CC3)c2)n1. The summed E-state index contributed by atoms with van der Waals surface area (Å²) >= 11 is 0. The molecule has 1 aliphatic rings. The number of rotatable bonds is 6. The molecule has 3 N–H and O–H groups in total. The molecule has 0 aliphatic heterocycles. The number of urea groups is 1. The number of aromatic nitrogens is 1. The highest BCUT2D eigenvalue weighted by molar-refractivity contribution is 5.73. The van der Waals surface area contributed by atoms with E-state index in [4.69, 9.17) is 10.5 Å². The molecular formula is C23H23N3O3. The molecule has 6 heteroatoms. The summed E-state index contributed by atoms with van der Waals surface area (Å²) in [5.74, 6) is 1.24. The minimum atomic E-state index is -0.838. The first-order chi connectivity index (χ1) is 14.0. The Bertz CT molecular complexity index is 1050. The summed E-state index contributed by atoms with van der Waals surface area (Å²) in [6.07, 6.45) is 1.77. The highest BCUT2D eigenvalue weighted by Gasteiger charge is 2.47. The van der Waals surface area contributed by atoms with Gasteiger partial charge in [0.15, 0.2) is 0 Å². The Balaban J connectivity index is 1.65. The second kappa shape index (κ2) is 7.56. The molecule has 2 amide bonds. The van der Waals surface area contributed by atoms with Gasteiger partial charge >= 0.3 is 6.03 Å². The summed E-state index contributed by atoms with van der Waals surface area (Å²) < 4.78 is 5.94. The molecule has 29 heavy (non-hydrogen) atoms. The van der Waals surface area contributed by atoms with Crippen molar-refractivity contribution in [2.24, 2.45) is 5.73 Å². The van der Waals surface area contributed by atoms with Gasteiger partial charge in [-0.1, -0.05) is 42.5 Å². The van der Waals surface area contributed by atoms with Gasteiger partial charge in [0.05, 0.1) is 6.54 Å². The number of nitrogens with zero attached hydrogens (tertiary/aromatic N) is 2. The Morgan fingerprint density at radius 2 is 1.90 bits per heavy atom. The summed E-state index contributed by atoms with van der Waals surface area (Å²) in [5.41, 5.74) is 8.96. The predicted octanol–water partition coefficient (Wildman–Crippen LogP) is 4.65. The van der Waals surface area contributed by atoms with E-state index in [-0.39, 0.29) is 12.0 Å². The predicted molar refractivity (Wildman–Crippen MR) is 110 cm³/mol. The van der Waals surface area contributed by atoms with Gasteiger partial charge in [0.25, 0.3) is 0 Å². The largest absolute Gasteiger partial charge is 0.439 e. The second-order valence-corrected chi connectivity index (χ2v) is 7.47. The Hall–Kier alpha value is -3.38. The van der Waals surface area contributed by atoms with E-state index < -0.39 is 6.03 Å². The van der Waals surface area contributed by atoms with Crippen LogP contribution in [0.2, 0.25) is 0 Å². The zero-order valence-corrected chi connectivity index (χ0v) is 16.2. The number of benzene rings is 2. The first-order valence-corrected chi connectivity index (χ1v) is 9.54. The number of nitrogens with two attached hydrogens (primary N) is 1. The molecule has 1 heterocycles. The average Bonchev–Trinajstić information content (AvgIpc) is 3.49. The summed E-state index contributed by atoms with van der Waals surface area (Å²) in [4.78, 5) is 15.7. The molecule has 6 nitrogen and oxygen atoms in total. The normalized spacial score (nSPS) is 14.3. The quantitative estimate of drug-likeness (QED) is 0.474. The Kier molecular flexibility index (Phi) is 4.94. The van der Waals surface area contributed by atoms with Crippen LogP contribution in [-0.2, 0) is 5.41 Å². The first kappa shape index (κ1) is 19.0. The van der Waals surface area contributed by atoms with E-state index in [0.29, 0.717) is 16.7 Å². The topological polar surface area (TPSA) is 88.7 Å². The molecule has 0 spiro atoms. The van der Waals surface area contributed by atoms with Crippen LogP contribution in [0, 0.1) is 6.92 Å².